The minimum Gasteiger partial charge on any atom is -0.338 e. The van der Waals surface area contributed by atoms with E-state index in [0.29, 0.717) is 29.8 Å². The fraction of sp³-hybridized carbons (Fsp3) is 0.444. The number of nitrogens with one attached hydrogen (secondary N) is 3. The summed E-state index contributed by atoms with van der Waals surface area (Å²) < 4.78 is 0. The van der Waals surface area contributed by atoms with E-state index >= 15 is 0 Å². The van der Waals surface area contributed by atoms with Gasteiger partial charge >= 0.3 is 6.03 Å². The van der Waals surface area contributed by atoms with Crippen LogP contribution in [0.2, 0.25) is 0 Å². The van der Waals surface area contributed by atoms with Gasteiger partial charge in [-0.2, -0.15) is 5.10 Å². The molecule has 7 heteroatoms. The van der Waals surface area contributed by atoms with Crippen molar-refractivity contribution >= 4 is 6.03 Å². The molecule has 2 heterocycles. The Morgan fingerprint density at radius 3 is 3.00 bits per heavy atom. The predicted octanol–water partition coefficient (Wildman–Crippen LogP) is 2.80. The van der Waals surface area contributed by atoms with E-state index in [1.54, 1.807) is 6.20 Å². The lowest BCUT2D eigenvalue weighted by Gasteiger charge is -2.18. The lowest BCUT2D eigenvalue weighted by molar-refractivity contribution is 0.237. The standard InChI is InChI=1S/C18H24N6O/c25-18(20-12-14-8-4-2-1-3-5-9-14)21-13-16-22-17(24-23-16)15-10-6-7-11-19-15/h1-2,6-7,10-11,14H,3-5,8-9,12-13H2,(H2,20,21,25)(H,22,23,24)/b2-1-. The second-order valence-electron chi connectivity index (χ2n) is 6.23. The topological polar surface area (TPSA) is 95.6 Å². The molecule has 0 saturated heterocycles. The lowest BCUT2D eigenvalue weighted by Crippen LogP contribution is -2.38. The number of urea groups is 1. The minimum absolute atomic E-state index is 0.173. The highest BCUT2D eigenvalue weighted by atomic mass is 16.2. The molecule has 1 unspecified atom stereocenters. The van der Waals surface area contributed by atoms with E-state index in [9.17, 15) is 4.79 Å². The SMILES string of the molecule is O=C(NCc1nc(-c2ccccn2)n[nH]1)NCC1CC/C=C\CCC1. The van der Waals surface area contributed by atoms with Crippen LogP contribution in [0.4, 0.5) is 4.79 Å². The number of aromatic nitrogens is 4. The van der Waals surface area contributed by atoms with Crippen LogP contribution < -0.4 is 10.6 Å². The normalized spacial score (nSPS) is 18.8. The highest BCUT2D eigenvalue weighted by molar-refractivity contribution is 5.73. The zero-order valence-corrected chi connectivity index (χ0v) is 14.2. The summed E-state index contributed by atoms with van der Waals surface area (Å²) >= 11 is 0. The monoisotopic (exact) mass is 340 g/mol. The van der Waals surface area contributed by atoms with Crippen LogP contribution in [0.1, 0.15) is 37.9 Å². The molecule has 7 nitrogen and oxygen atoms in total. The molecular formula is C18H24N6O. The van der Waals surface area contributed by atoms with Crippen LogP contribution in [-0.4, -0.2) is 32.7 Å². The number of pyridine rings is 1. The van der Waals surface area contributed by atoms with Gasteiger partial charge in [0.1, 0.15) is 11.5 Å². The third kappa shape index (κ3) is 5.41. The Balaban J connectivity index is 1.42. The smallest absolute Gasteiger partial charge is 0.315 e. The van der Waals surface area contributed by atoms with Crippen LogP contribution in [0.25, 0.3) is 11.5 Å². The summed E-state index contributed by atoms with van der Waals surface area (Å²) in [4.78, 5) is 20.5. The number of carbonyl (C=O) groups excluding carboxylic acids is 1. The van der Waals surface area contributed by atoms with E-state index in [0.717, 1.165) is 25.8 Å². The minimum atomic E-state index is -0.173. The van der Waals surface area contributed by atoms with Gasteiger partial charge in [0.25, 0.3) is 0 Å². The average Bonchev–Trinajstić information content (AvgIpc) is 3.09. The van der Waals surface area contributed by atoms with Gasteiger partial charge in [0.2, 0.25) is 0 Å². The van der Waals surface area contributed by atoms with E-state index in [1.807, 2.05) is 18.2 Å². The molecule has 3 N–H and O–H groups in total. The Hall–Kier alpha value is -2.70. The van der Waals surface area contributed by atoms with Gasteiger partial charge in [-0.15, -0.1) is 0 Å². The van der Waals surface area contributed by atoms with Crippen LogP contribution in [0.5, 0.6) is 0 Å². The number of rotatable bonds is 5. The van der Waals surface area contributed by atoms with Gasteiger partial charge in [-0.05, 0) is 50.2 Å². The Morgan fingerprint density at radius 1 is 1.20 bits per heavy atom. The van der Waals surface area contributed by atoms with Gasteiger partial charge in [-0.3, -0.25) is 10.1 Å². The van der Waals surface area contributed by atoms with Crippen molar-refractivity contribution in [2.24, 2.45) is 5.92 Å². The van der Waals surface area contributed by atoms with Crippen molar-refractivity contribution in [3.05, 3.63) is 42.4 Å². The van der Waals surface area contributed by atoms with E-state index < -0.39 is 0 Å². The summed E-state index contributed by atoms with van der Waals surface area (Å²) in [7, 11) is 0. The second-order valence-corrected chi connectivity index (χ2v) is 6.23. The molecule has 3 rings (SSSR count). The zero-order valence-electron chi connectivity index (χ0n) is 14.2. The Bertz CT molecular complexity index is 697. The Morgan fingerprint density at radius 2 is 2.12 bits per heavy atom. The molecule has 25 heavy (non-hydrogen) atoms. The average molecular weight is 340 g/mol. The second kappa shape index (κ2) is 8.96. The molecule has 0 saturated carbocycles. The zero-order chi connectivity index (χ0) is 17.3. The molecule has 2 aromatic heterocycles. The number of aromatic amines is 1. The highest BCUT2D eigenvalue weighted by Crippen LogP contribution is 2.17. The molecule has 0 spiro atoms. The molecule has 2 amide bonds. The largest absolute Gasteiger partial charge is 0.338 e. The first-order valence-electron chi connectivity index (χ1n) is 8.80. The maximum absolute atomic E-state index is 12.0. The van der Waals surface area contributed by atoms with Crippen molar-refractivity contribution in [2.75, 3.05) is 6.54 Å². The van der Waals surface area contributed by atoms with E-state index in [-0.39, 0.29) is 6.03 Å². The summed E-state index contributed by atoms with van der Waals surface area (Å²) in [6, 6.07) is 5.40. The number of hydrogen-bond donors (Lipinski definition) is 3. The molecule has 0 aromatic carbocycles. The number of hydrogen-bond acceptors (Lipinski definition) is 4. The molecular weight excluding hydrogens is 316 g/mol. The van der Waals surface area contributed by atoms with Crippen molar-refractivity contribution < 1.29 is 4.79 Å². The van der Waals surface area contributed by atoms with Crippen molar-refractivity contribution in [1.29, 1.82) is 0 Å². The first kappa shape index (κ1) is 17.1. The molecule has 1 aliphatic carbocycles. The highest BCUT2D eigenvalue weighted by Gasteiger charge is 2.12. The van der Waals surface area contributed by atoms with Gasteiger partial charge in [0.15, 0.2) is 5.82 Å². The predicted molar refractivity (Wildman–Crippen MR) is 95.6 cm³/mol. The number of allylic oxidation sites excluding steroid dienone is 2. The van der Waals surface area contributed by atoms with Gasteiger partial charge in [0, 0.05) is 12.7 Å². The van der Waals surface area contributed by atoms with Crippen LogP contribution in [0.15, 0.2) is 36.5 Å². The summed E-state index contributed by atoms with van der Waals surface area (Å²) in [5.41, 5.74) is 0.702. The number of amides is 2. The van der Waals surface area contributed by atoms with E-state index in [4.69, 9.17) is 0 Å². The maximum Gasteiger partial charge on any atom is 0.315 e. The van der Waals surface area contributed by atoms with Crippen molar-refractivity contribution in [3.63, 3.8) is 0 Å². The van der Waals surface area contributed by atoms with Crippen LogP contribution in [0, 0.1) is 5.92 Å². The van der Waals surface area contributed by atoms with E-state index in [1.165, 1.54) is 12.8 Å². The van der Waals surface area contributed by atoms with E-state index in [2.05, 4.69) is 43.0 Å². The fourth-order valence-electron chi connectivity index (χ4n) is 2.89. The van der Waals surface area contributed by atoms with Gasteiger partial charge in [-0.1, -0.05) is 18.2 Å². The molecule has 0 fully saturated rings. The number of H-pyrrole nitrogens is 1. The lowest BCUT2D eigenvalue weighted by atomic mass is 9.94. The fourth-order valence-corrected chi connectivity index (χ4v) is 2.89. The summed E-state index contributed by atoms with van der Waals surface area (Å²) in [5, 5.41) is 12.7. The summed E-state index contributed by atoms with van der Waals surface area (Å²) in [6.07, 6.45) is 11.9. The van der Waals surface area contributed by atoms with Crippen LogP contribution in [-0.2, 0) is 6.54 Å². The van der Waals surface area contributed by atoms with Crippen LogP contribution >= 0.6 is 0 Å². The first-order valence-corrected chi connectivity index (χ1v) is 8.80. The molecule has 1 atom stereocenters. The summed E-state index contributed by atoms with van der Waals surface area (Å²) in [6.45, 7) is 1.02. The number of carbonyl (C=O) groups is 1. The third-order valence-corrected chi connectivity index (χ3v) is 4.28. The molecule has 1 aliphatic rings. The Labute approximate surface area is 147 Å². The summed E-state index contributed by atoms with van der Waals surface area (Å²) in [5.74, 6) is 1.68. The van der Waals surface area contributed by atoms with Crippen molar-refractivity contribution in [3.8, 4) is 11.5 Å². The number of nitrogens with zero attached hydrogens (tertiary/aromatic N) is 3. The van der Waals surface area contributed by atoms with Crippen molar-refractivity contribution in [1.82, 2.24) is 30.8 Å². The quantitative estimate of drug-likeness (QED) is 0.729. The van der Waals surface area contributed by atoms with Gasteiger partial charge in [-0.25, -0.2) is 9.78 Å². The molecule has 0 radical (unpaired) electrons. The van der Waals surface area contributed by atoms with Gasteiger partial charge < -0.3 is 10.6 Å². The van der Waals surface area contributed by atoms with Crippen LogP contribution in [0.3, 0.4) is 0 Å². The maximum atomic E-state index is 12.0. The third-order valence-electron chi connectivity index (χ3n) is 4.28. The van der Waals surface area contributed by atoms with Crippen molar-refractivity contribution in [2.45, 2.75) is 38.6 Å². The Kier molecular flexibility index (Phi) is 6.14. The molecule has 0 bridgehead atoms. The molecule has 2 aromatic rings. The molecule has 0 aliphatic heterocycles. The van der Waals surface area contributed by atoms with Gasteiger partial charge in [0.05, 0.1) is 6.54 Å². The molecule has 132 valence electrons. The first-order chi connectivity index (χ1) is 12.3.